The molecule has 1 aromatic heterocycles. The molecule has 1 aromatic carbocycles. The summed E-state index contributed by atoms with van der Waals surface area (Å²) in [6.45, 7) is 12.6. The molecule has 0 spiro atoms. The van der Waals surface area contributed by atoms with Gasteiger partial charge in [0.15, 0.2) is 0 Å². The fourth-order valence-electron chi connectivity index (χ4n) is 3.41. The molecule has 0 unspecified atom stereocenters. The van der Waals surface area contributed by atoms with Crippen molar-refractivity contribution in [3.63, 3.8) is 0 Å². The number of nitrogens with zero attached hydrogens (tertiary/aromatic N) is 1. The van der Waals surface area contributed by atoms with Gasteiger partial charge in [-0.15, -0.1) is 0 Å². The third kappa shape index (κ3) is 6.35. The van der Waals surface area contributed by atoms with Gasteiger partial charge in [-0.05, 0) is 60.6 Å². The fourth-order valence-corrected chi connectivity index (χ4v) is 3.41. The fraction of sp³-hybridized carbons (Fsp3) is 0.286. The highest BCUT2D eigenvalue weighted by atomic mass is 14.9. The molecule has 0 bridgehead atoms. The number of aryl methyl sites for hydroxylation is 3. The maximum Gasteiger partial charge on any atom is 0.0291 e. The molecule has 0 aliphatic heterocycles. The molecule has 0 saturated heterocycles. The Morgan fingerprint density at radius 2 is 1.90 bits per heavy atom. The first kappa shape index (κ1) is 22.5. The molecule has 152 valence electrons. The van der Waals surface area contributed by atoms with Crippen molar-refractivity contribution in [2.75, 3.05) is 0 Å². The van der Waals surface area contributed by atoms with Crippen molar-refractivity contribution >= 4 is 12.2 Å². The van der Waals surface area contributed by atoms with Crippen LogP contribution in [0.5, 0.6) is 0 Å². The van der Waals surface area contributed by atoms with Crippen LogP contribution in [0.15, 0.2) is 73.0 Å². The second-order valence-corrected chi connectivity index (χ2v) is 7.55. The summed E-state index contributed by atoms with van der Waals surface area (Å²) in [6.07, 6.45) is 13.4. The highest BCUT2D eigenvalue weighted by Crippen LogP contribution is 2.22. The Morgan fingerprint density at radius 3 is 2.59 bits per heavy atom. The van der Waals surface area contributed by atoms with E-state index >= 15 is 0 Å². The SMILES string of the molecule is C=C/C=C\c1ccc(Cc2c(/C=C(/C)CC)c(C)cccccn2C)cc1CC. The lowest BCUT2D eigenvalue weighted by molar-refractivity contribution is 0.827. The number of aromatic nitrogens is 1. The minimum Gasteiger partial charge on any atom is -0.354 e. The van der Waals surface area contributed by atoms with Gasteiger partial charge < -0.3 is 4.57 Å². The molecule has 29 heavy (non-hydrogen) atoms. The van der Waals surface area contributed by atoms with Crippen LogP contribution >= 0.6 is 0 Å². The molecule has 1 nitrogen and oxygen atoms in total. The van der Waals surface area contributed by atoms with Gasteiger partial charge >= 0.3 is 0 Å². The smallest absolute Gasteiger partial charge is 0.0291 e. The standard InChI is InChI=1S/C28H35N/c1-7-10-15-26-17-16-24(20-25(26)9-3)21-28-27(19-22(4)8-2)23(5)14-12-11-13-18-29(28)6/h7,10-20H,1,8-9,21H2,2-6H3/b12-11?,15-10-,18-13?,22-19-,23-14?,28-27?. The molecule has 1 heterocycles. The van der Waals surface area contributed by atoms with Crippen LogP contribution < -0.4 is 0 Å². The maximum absolute atomic E-state index is 3.78. The zero-order valence-corrected chi connectivity index (χ0v) is 18.7. The Labute approximate surface area is 177 Å². The molecule has 1 heteroatoms. The third-order valence-corrected chi connectivity index (χ3v) is 5.36. The average molecular weight is 386 g/mol. The van der Waals surface area contributed by atoms with Gasteiger partial charge in [0.1, 0.15) is 0 Å². The normalized spacial score (nSPS) is 11.6. The third-order valence-electron chi connectivity index (χ3n) is 5.36. The largest absolute Gasteiger partial charge is 0.354 e. The second kappa shape index (κ2) is 11.3. The van der Waals surface area contributed by atoms with Crippen LogP contribution in [0.4, 0.5) is 0 Å². The van der Waals surface area contributed by atoms with Crippen LogP contribution in [-0.4, -0.2) is 4.57 Å². The summed E-state index contributed by atoms with van der Waals surface area (Å²) < 4.78 is 2.26. The summed E-state index contributed by atoms with van der Waals surface area (Å²) in [5.41, 5.74) is 9.31. The Bertz CT molecular complexity index is 952. The Hall–Kier alpha value is -2.80. The molecule has 0 aliphatic carbocycles. The first-order valence-corrected chi connectivity index (χ1v) is 10.6. The second-order valence-electron chi connectivity index (χ2n) is 7.55. The van der Waals surface area contributed by atoms with Crippen LogP contribution in [0.25, 0.3) is 12.2 Å². The summed E-state index contributed by atoms with van der Waals surface area (Å²) in [5.74, 6) is 0. The highest BCUT2D eigenvalue weighted by molar-refractivity contribution is 5.60. The first-order valence-electron chi connectivity index (χ1n) is 10.6. The lowest BCUT2D eigenvalue weighted by atomic mass is 9.96. The Morgan fingerprint density at radius 1 is 1.10 bits per heavy atom. The Balaban J connectivity index is 2.65. The zero-order chi connectivity index (χ0) is 21.2. The molecule has 0 fully saturated rings. The van der Waals surface area contributed by atoms with Crippen LogP contribution in [0, 0.1) is 6.92 Å². The van der Waals surface area contributed by atoms with Gasteiger partial charge in [-0.25, -0.2) is 0 Å². The van der Waals surface area contributed by atoms with E-state index in [9.17, 15) is 0 Å². The maximum atomic E-state index is 3.78. The minimum atomic E-state index is 0.896. The molecule has 0 atom stereocenters. The number of allylic oxidation sites excluding steroid dienone is 3. The predicted octanol–water partition coefficient (Wildman–Crippen LogP) is 7.62. The van der Waals surface area contributed by atoms with E-state index in [1.54, 1.807) is 0 Å². The van der Waals surface area contributed by atoms with E-state index in [4.69, 9.17) is 0 Å². The molecule has 0 amide bonds. The van der Waals surface area contributed by atoms with E-state index in [2.05, 4.69) is 107 Å². The average Bonchev–Trinajstić information content (AvgIpc) is 2.79. The Kier molecular flexibility index (Phi) is 8.73. The molecule has 2 rings (SSSR count). The van der Waals surface area contributed by atoms with Crippen molar-refractivity contribution in [2.24, 2.45) is 7.05 Å². The van der Waals surface area contributed by atoms with Gasteiger partial charge in [-0.2, -0.15) is 0 Å². The quantitative estimate of drug-likeness (QED) is 0.432. The van der Waals surface area contributed by atoms with Gasteiger partial charge in [0.25, 0.3) is 0 Å². The first-order chi connectivity index (χ1) is 14.0. The van der Waals surface area contributed by atoms with Crippen molar-refractivity contribution in [3.8, 4) is 0 Å². The number of hydrogen-bond donors (Lipinski definition) is 0. The van der Waals surface area contributed by atoms with Crippen LogP contribution in [-0.2, 0) is 19.9 Å². The van der Waals surface area contributed by atoms with Crippen molar-refractivity contribution in [2.45, 2.75) is 47.0 Å². The van der Waals surface area contributed by atoms with E-state index in [-0.39, 0.29) is 0 Å². The minimum absolute atomic E-state index is 0.896. The molecule has 0 radical (unpaired) electrons. The highest BCUT2D eigenvalue weighted by Gasteiger charge is 2.08. The lowest BCUT2D eigenvalue weighted by Crippen LogP contribution is -2.04. The van der Waals surface area contributed by atoms with Crippen LogP contribution in [0.2, 0.25) is 0 Å². The molecule has 2 aromatic rings. The van der Waals surface area contributed by atoms with Gasteiger partial charge in [0.05, 0.1) is 0 Å². The number of hydrogen-bond acceptors (Lipinski definition) is 0. The molecular formula is C28H35N. The van der Waals surface area contributed by atoms with Gasteiger partial charge in [-0.3, -0.25) is 0 Å². The van der Waals surface area contributed by atoms with Crippen molar-refractivity contribution in [3.05, 3.63) is 106 Å². The summed E-state index contributed by atoms with van der Waals surface area (Å²) in [5, 5.41) is 0. The number of rotatable bonds is 7. The zero-order valence-electron chi connectivity index (χ0n) is 18.7. The van der Waals surface area contributed by atoms with Gasteiger partial charge in [-0.1, -0.05) is 86.7 Å². The summed E-state index contributed by atoms with van der Waals surface area (Å²) in [7, 11) is 2.15. The van der Waals surface area contributed by atoms with Crippen LogP contribution in [0.1, 0.15) is 60.7 Å². The van der Waals surface area contributed by atoms with Crippen molar-refractivity contribution < 1.29 is 0 Å². The van der Waals surface area contributed by atoms with Gasteiger partial charge in [0.2, 0.25) is 0 Å². The summed E-state index contributed by atoms with van der Waals surface area (Å²) in [4.78, 5) is 0. The van der Waals surface area contributed by atoms with E-state index < -0.39 is 0 Å². The molecule has 0 saturated carbocycles. The monoisotopic (exact) mass is 385 g/mol. The topological polar surface area (TPSA) is 4.93 Å². The van der Waals surface area contributed by atoms with Crippen LogP contribution in [0.3, 0.4) is 0 Å². The van der Waals surface area contributed by atoms with Crippen molar-refractivity contribution in [1.82, 2.24) is 4.57 Å². The van der Waals surface area contributed by atoms with Gasteiger partial charge in [0, 0.05) is 25.4 Å². The van der Waals surface area contributed by atoms with Crippen molar-refractivity contribution in [1.29, 1.82) is 0 Å². The molecule has 0 N–H and O–H groups in total. The summed E-state index contributed by atoms with van der Waals surface area (Å²) >= 11 is 0. The van der Waals surface area contributed by atoms with E-state index in [1.807, 2.05) is 12.2 Å². The van der Waals surface area contributed by atoms with E-state index in [1.165, 1.54) is 39.1 Å². The number of benzene rings is 1. The molecular weight excluding hydrogens is 350 g/mol. The van der Waals surface area contributed by atoms with E-state index in [0.717, 1.165) is 19.3 Å². The summed E-state index contributed by atoms with van der Waals surface area (Å²) in [6, 6.07) is 15.4. The predicted molar refractivity (Wildman–Crippen MR) is 130 cm³/mol. The molecule has 0 aliphatic rings. The van der Waals surface area contributed by atoms with E-state index in [0.29, 0.717) is 0 Å². The lowest BCUT2D eigenvalue weighted by Gasteiger charge is -2.14.